The van der Waals surface area contributed by atoms with Gasteiger partial charge in [-0.1, -0.05) is 43.1 Å². The minimum Gasteiger partial charge on any atom is -0.487 e. The highest BCUT2D eigenvalue weighted by atomic mass is 35.5. The van der Waals surface area contributed by atoms with Crippen molar-refractivity contribution in [1.29, 1.82) is 0 Å². The average molecular weight is 419 g/mol. The first-order valence-electron chi connectivity index (χ1n) is 10.4. The van der Waals surface area contributed by atoms with E-state index in [1.165, 1.54) is 11.3 Å². The molecule has 28 heavy (non-hydrogen) atoms. The predicted molar refractivity (Wildman–Crippen MR) is 119 cm³/mol. The molecule has 0 aromatic heterocycles. The van der Waals surface area contributed by atoms with Crippen LogP contribution in [-0.2, 0) is 0 Å². The van der Waals surface area contributed by atoms with Gasteiger partial charge in [-0.05, 0) is 55.6 Å². The number of anilines is 1. The van der Waals surface area contributed by atoms with Gasteiger partial charge < -0.3 is 15.0 Å². The SMILES string of the molecule is CCCN(CCC)c1cc(-c2ccc(Cl)cc2Cl)cc2c1O[C@H]1CCNC[C@@H]21. The van der Waals surface area contributed by atoms with Gasteiger partial charge in [-0.2, -0.15) is 0 Å². The second-order valence-corrected chi connectivity index (χ2v) is 8.62. The number of hydrogen-bond acceptors (Lipinski definition) is 3. The van der Waals surface area contributed by atoms with Gasteiger partial charge in [0.2, 0.25) is 0 Å². The minimum absolute atomic E-state index is 0.274. The molecule has 0 amide bonds. The molecule has 2 aromatic rings. The standard InChI is InChI=1S/C23H28Cl2N2O/c1-3-9-27(10-4-2)21-12-15(17-6-5-16(24)13-20(17)25)11-18-19-14-26-8-7-22(19)28-23(18)21/h5-6,11-13,19,22,26H,3-4,7-10,14H2,1-2H3/t19-,22-/m0/s1. The van der Waals surface area contributed by atoms with Crippen molar-refractivity contribution in [3.63, 3.8) is 0 Å². The van der Waals surface area contributed by atoms with Crippen LogP contribution in [0.3, 0.4) is 0 Å². The van der Waals surface area contributed by atoms with Crippen molar-refractivity contribution < 1.29 is 4.74 Å². The van der Waals surface area contributed by atoms with Crippen LogP contribution in [-0.4, -0.2) is 32.3 Å². The van der Waals surface area contributed by atoms with Crippen LogP contribution in [0.2, 0.25) is 10.0 Å². The third-order valence-electron chi connectivity index (χ3n) is 5.76. The Morgan fingerprint density at radius 2 is 1.89 bits per heavy atom. The lowest BCUT2D eigenvalue weighted by Gasteiger charge is -2.27. The lowest BCUT2D eigenvalue weighted by molar-refractivity contribution is 0.172. The lowest BCUT2D eigenvalue weighted by atomic mass is 9.88. The van der Waals surface area contributed by atoms with E-state index in [1.807, 2.05) is 18.2 Å². The number of halogens is 2. The van der Waals surface area contributed by atoms with Crippen LogP contribution >= 0.6 is 23.2 Å². The summed E-state index contributed by atoms with van der Waals surface area (Å²) in [6.45, 7) is 8.50. The van der Waals surface area contributed by atoms with Crippen LogP contribution < -0.4 is 15.0 Å². The summed E-state index contributed by atoms with van der Waals surface area (Å²) >= 11 is 12.7. The molecule has 150 valence electrons. The Hall–Kier alpha value is -1.42. The summed E-state index contributed by atoms with van der Waals surface area (Å²) < 4.78 is 6.52. The van der Waals surface area contributed by atoms with Crippen LogP contribution in [0.15, 0.2) is 30.3 Å². The number of ether oxygens (including phenoxy) is 1. The van der Waals surface area contributed by atoms with Crippen LogP contribution in [0, 0.1) is 0 Å². The number of fused-ring (bicyclic) bond motifs is 3. The maximum atomic E-state index is 6.56. The van der Waals surface area contributed by atoms with Crippen molar-refractivity contribution in [1.82, 2.24) is 5.32 Å². The second kappa shape index (κ2) is 8.52. The van der Waals surface area contributed by atoms with Crippen molar-refractivity contribution in [2.24, 2.45) is 0 Å². The Balaban J connectivity index is 1.86. The van der Waals surface area contributed by atoms with Crippen LogP contribution in [0.1, 0.15) is 44.6 Å². The van der Waals surface area contributed by atoms with Crippen molar-refractivity contribution in [2.45, 2.75) is 45.1 Å². The number of piperidine rings is 1. The first-order chi connectivity index (χ1) is 13.6. The molecule has 2 heterocycles. The Morgan fingerprint density at radius 3 is 2.61 bits per heavy atom. The molecule has 0 spiro atoms. The van der Waals surface area contributed by atoms with Crippen molar-refractivity contribution >= 4 is 28.9 Å². The van der Waals surface area contributed by atoms with E-state index in [0.29, 0.717) is 16.0 Å². The zero-order chi connectivity index (χ0) is 19.7. The van der Waals surface area contributed by atoms with Gasteiger partial charge in [-0.25, -0.2) is 0 Å². The van der Waals surface area contributed by atoms with Crippen LogP contribution in [0.5, 0.6) is 5.75 Å². The topological polar surface area (TPSA) is 24.5 Å². The van der Waals surface area contributed by atoms with Gasteiger partial charge in [0, 0.05) is 46.7 Å². The molecular formula is C23H28Cl2N2O. The molecule has 5 heteroatoms. The van der Waals surface area contributed by atoms with E-state index < -0.39 is 0 Å². The first-order valence-corrected chi connectivity index (χ1v) is 11.1. The highest BCUT2D eigenvalue weighted by Crippen LogP contribution is 2.49. The molecule has 3 nitrogen and oxygen atoms in total. The normalized spacial score (nSPS) is 20.4. The van der Waals surface area contributed by atoms with E-state index in [2.05, 4.69) is 36.2 Å². The molecule has 4 rings (SSSR count). The molecule has 2 aliphatic rings. The molecule has 1 fully saturated rings. The van der Waals surface area contributed by atoms with Gasteiger partial charge in [0.25, 0.3) is 0 Å². The smallest absolute Gasteiger partial charge is 0.146 e. The highest BCUT2D eigenvalue weighted by Gasteiger charge is 2.38. The fourth-order valence-electron chi connectivity index (χ4n) is 4.48. The maximum Gasteiger partial charge on any atom is 0.146 e. The molecular weight excluding hydrogens is 391 g/mol. The number of rotatable bonds is 6. The largest absolute Gasteiger partial charge is 0.487 e. The Morgan fingerprint density at radius 1 is 1.11 bits per heavy atom. The van der Waals surface area contributed by atoms with E-state index in [9.17, 15) is 0 Å². The Kier molecular flexibility index (Phi) is 6.05. The zero-order valence-corrected chi connectivity index (χ0v) is 18.1. The summed E-state index contributed by atoms with van der Waals surface area (Å²) in [5.41, 5.74) is 4.68. The zero-order valence-electron chi connectivity index (χ0n) is 16.6. The second-order valence-electron chi connectivity index (χ2n) is 7.78. The molecule has 1 N–H and O–H groups in total. The number of hydrogen-bond donors (Lipinski definition) is 1. The average Bonchev–Trinajstić information content (AvgIpc) is 3.06. The van der Waals surface area contributed by atoms with Crippen molar-refractivity contribution in [3.05, 3.63) is 45.9 Å². The van der Waals surface area contributed by atoms with Crippen LogP contribution in [0.4, 0.5) is 5.69 Å². The van der Waals surface area contributed by atoms with E-state index >= 15 is 0 Å². The minimum atomic E-state index is 0.274. The van der Waals surface area contributed by atoms with E-state index in [-0.39, 0.29) is 6.10 Å². The van der Waals surface area contributed by atoms with Gasteiger partial charge in [0.1, 0.15) is 11.9 Å². The van der Waals surface area contributed by atoms with E-state index in [0.717, 1.165) is 62.3 Å². The molecule has 0 bridgehead atoms. The van der Waals surface area contributed by atoms with Gasteiger partial charge >= 0.3 is 0 Å². The van der Waals surface area contributed by atoms with Gasteiger partial charge in [-0.15, -0.1) is 0 Å². The molecule has 0 radical (unpaired) electrons. The summed E-state index contributed by atoms with van der Waals surface area (Å²) in [4.78, 5) is 2.47. The summed E-state index contributed by atoms with van der Waals surface area (Å²) in [6.07, 6.45) is 3.54. The molecule has 2 aromatic carbocycles. The molecule has 0 aliphatic carbocycles. The molecule has 0 saturated carbocycles. The fraction of sp³-hybridized carbons (Fsp3) is 0.478. The third-order valence-corrected chi connectivity index (χ3v) is 6.30. The quantitative estimate of drug-likeness (QED) is 0.610. The monoisotopic (exact) mass is 418 g/mol. The van der Waals surface area contributed by atoms with Crippen molar-refractivity contribution in [3.8, 4) is 16.9 Å². The molecule has 0 unspecified atom stereocenters. The van der Waals surface area contributed by atoms with Crippen LogP contribution in [0.25, 0.3) is 11.1 Å². The van der Waals surface area contributed by atoms with Crippen molar-refractivity contribution in [2.75, 3.05) is 31.1 Å². The molecule has 2 atom stereocenters. The summed E-state index contributed by atoms with van der Waals surface area (Å²) in [5, 5.41) is 4.89. The summed E-state index contributed by atoms with van der Waals surface area (Å²) in [6, 6.07) is 10.3. The van der Waals surface area contributed by atoms with Gasteiger partial charge in [0.15, 0.2) is 0 Å². The number of benzene rings is 2. The lowest BCUT2D eigenvalue weighted by Crippen LogP contribution is -2.37. The molecule has 1 saturated heterocycles. The first kappa shape index (κ1) is 19.9. The summed E-state index contributed by atoms with van der Waals surface area (Å²) in [5.74, 6) is 1.48. The summed E-state index contributed by atoms with van der Waals surface area (Å²) in [7, 11) is 0. The van der Waals surface area contributed by atoms with E-state index in [1.54, 1.807) is 0 Å². The third kappa shape index (κ3) is 3.72. The van der Waals surface area contributed by atoms with E-state index in [4.69, 9.17) is 27.9 Å². The molecule has 2 aliphatic heterocycles. The Labute approximate surface area is 178 Å². The Bertz CT molecular complexity index is 849. The van der Waals surface area contributed by atoms with Gasteiger partial charge in [-0.3, -0.25) is 0 Å². The van der Waals surface area contributed by atoms with Gasteiger partial charge in [0.05, 0.1) is 5.69 Å². The number of nitrogens with one attached hydrogen (secondary N) is 1. The highest BCUT2D eigenvalue weighted by molar-refractivity contribution is 6.36. The number of nitrogens with zero attached hydrogens (tertiary/aromatic N) is 1. The fourth-order valence-corrected chi connectivity index (χ4v) is 5.00. The predicted octanol–water partition coefficient (Wildman–Crippen LogP) is 6.12. The maximum absolute atomic E-state index is 6.56.